The summed E-state index contributed by atoms with van der Waals surface area (Å²) in [4.78, 5) is 4.21. The van der Waals surface area contributed by atoms with Crippen LogP contribution in [0.1, 0.15) is 18.9 Å². The van der Waals surface area contributed by atoms with Crippen LogP contribution in [0.5, 0.6) is 0 Å². The largest absolute Gasteiger partial charge is 0.309 e. The number of thioether (sulfide) groups is 1. The number of hydrogen-bond donors (Lipinski definition) is 1. The molecule has 0 spiro atoms. The van der Waals surface area contributed by atoms with Gasteiger partial charge in [-0.3, -0.25) is 0 Å². The lowest BCUT2D eigenvalue weighted by Crippen LogP contribution is -2.31. The summed E-state index contributed by atoms with van der Waals surface area (Å²) < 4.78 is 0.317. The van der Waals surface area contributed by atoms with Gasteiger partial charge in [-0.15, -0.1) is 11.3 Å². The molecule has 0 bridgehead atoms. The van der Waals surface area contributed by atoms with E-state index in [0.29, 0.717) is 4.75 Å². The van der Waals surface area contributed by atoms with Gasteiger partial charge in [0.2, 0.25) is 0 Å². The Morgan fingerprint density at radius 3 is 2.92 bits per heavy atom. The van der Waals surface area contributed by atoms with Gasteiger partial charge in [0.1, 0.15) is 5.01 Å². The maximum atomic E-state index is 4.21. The van der Waals surface area contributed by atoms with Crippen molar-refractivity contribution in [1.82, 2.24) is 10.3 Å². The van der Waals surface area contributed by atoms with Crippen molar-refractivity contribution in [3.8, 4) is 0 Å². The van der Waals surface area contributed by atoms with Gasteiger partial charge in [0, 0.05) is 29.4 Å². The van der Waals surface area contributed by atoms with Crippen LogP contribution in [0.3, 0.4) is 0 Å². The first-order chi connectivity index (χ1) is 6.14. The third kappa shape index (κ3) is 4.11. The van der Waals surface area contributed by atoms with Gasteiger partial charge >= 0.3 is 0 Å². The summed E-state index contributed by atoms with van der Waals surface area (Å²) >= 11 is 3.59. The monoisotopic (exact) mass is 216 g/mol. The highest BCUT2D eigenvalue weighted by Gasteiger charge is 2.14. The molecular weight excluding hydrogens is 200 g/mol. The summed E-state index contributed by atoms with van der Waals surface area (Å²) in [5.41, 5.74) is 0. The van der Waals surface area contributed by atoms with Crippen LogP contribution in [0.15, 0.2) is 11.6 Å². The van der Waals surface area contributed by atoms with Crippen LogP contribution >= 0.6 is 23.1 Å². The summed E-state index contributed by atoms with van der Waals surface area (Å²) in [7, 11) is 0. The lowest BCUT2D eigenvalue weighted by atomic mass is 10.2. The van der Waals surface area contributed by atoms with Crippen molar-refractivity contribution in [3.05, 3.63) is 16.6 Å². The SMILES string of the molecule is CSC(C)(C)CNCc1nccs1. The first-order valence-electron chi connectivity index (χ1n) is 4.28. The maximum absolute atomic E-state index is 4.21. The second-order valence-electron chi connectivity index (χ2n) is 3.49. The first kappa shape index (κ1) is 11.0. The van der Waals surface area contributed by atoms with Crippen LogP contribution in [0.4, 0.5) is 0 Å². The van der Waals surface area contributed by atoms with Crippen molar-refractivity contribution in [2.75, 3.05) is 12.8 Å². The number of thiazole rings is 1. The van der Waals surface area contributed by atoms with Crippen LogP contribution in [-0.4, -0.2) is 22.5 Å². The molecule has 0 aromatic carbocycles. The highest BCUT2D eigenvalue weighted by molar-refractivity contribution is 7.99. The third-order valence-corrected chi connectivity index (χ3v) is 3.89. The zero-order valence-electron chi connectivity index (χ0n) is 8.33. The zero-order chi connectivity index (χ0) is 9.73. The second-order valence-corrected chi connectivity index (χ2v) is 5.99. The highest BCUT2D eigenvalue weighted by atomic mass is 32.2. The minimum Gasteiger partial charge on any atom is -0.309 e. The van der Waals surface area contributed by atoms with Gasteiger partial charge in [-0.25, -0.2) is 4.98 Å². The number of nitrogens with one attached hydrogen (secondary N) is 1. The van der Waals surface area contributed by atoms with Crippen molar-refractivity contribution in [1.29, 1.82) is 0 Å². The van der Waals surface area contributed by atoms with E-state index in [4.69, 9.17) is 0 Å². The molecule has 1 aromatic rings. The predicted molar refractivity (Wildman–Crippen MR) is 61.4 cm³/mol. The van der Waals surface area contributed by atoms with Gasteiger partial charge in [-0.2, -0.15) is 11.8 Å². The van der Waals surface area contributed by atoms with Crippen LogP contribution < -0.4 is 5.32 Å². The molecule has 1 N–H and O–H groups in total. The molecule has 0 unspecified atom stereocenters. The molecule has 0 saturated heterocycles. The molecule has 4 heteroatoms. The Kier molecular flexibility index (Phi) is 4.22. The lowest BCUT2D eigenvalue weighted by Gasteiger charge is -2.21. The molecule has 0 fully saturated rings. The molecule has 1 aromatic heterocycles. The highest BCUT2D eigenvalue weighted by Crippen LogP contribution is 2.19. The number of rotatable bonds is 5. The van der Waals surface area contributed by atoms with Gasteiger partial charge < -0.3 is 5.32 Å². The van der Waals surface area contributed by atoms with E-state index in [2.05, 4.69) is 30.4 Å². The van der Waals surface area contributed by atoms with Gasteiger partial charge in [0.05, 0.1) is 0 Å². The Morgan fingerprint density at radius 1 is 1.62 bits per heavy atom. The predicted octanol–water partition coefficient (Wildman–Crippen LogP) is 2.37. The van der Waals surface area contributed by atoms with Gasteiger partial charge in [-0.05, 0) is 20.1 Å². The molecular formula is C9H16N2S2. The summed E-state index contributed by atoms with van der Waals surface area (Å²) in [5.74, 6) is 0. The minimum absolute atomic E-state index is 0.317. The van der Waals surface area contributed by atoms with Crippen LogP contribution in [0.25, 0.3) is 0 Å². The maximum Gasteiger partial charge on any atom is 0.106 e. The molecule has 0 aliphatic rings. The van der Waals surface area contributed by atoms with E-state index < -0.39 is 0 Å². The van der Waals surface area contributed by atoms with Crippen LogP contribution in [0, 0.1) is 0 Å². The summed E-state index contributed by atoms with van der Waals surface area (Å²) in [6.45, 7) is 6.40. The van der Waals surface area contributed by atoms with Crippen molar-refractivity contribution in [3.63, 3.8) is 0 Å². The Bertz CT molecular complexity index is 232. The summed E-state index contributed by atoms with van der Waals surface area (Å²) in [5, 5.41) is 6.58. The quantitative estimate of drug-likeness (QED) is 0.818. The number of nitrogens with zero attached hydrogens (tertiary/aromatic N) is 1. The van der Waals surface area contributed by atoms with E-state index in [-0.39, 0.29) is 0 Å². The fourth-order valence-electron chi connectivity index (χ4n) is 0.883. The van der Waals surface area contributed by atoms with E-state index in [9.17, 15) is 0 Å². The first-order valence-corrected chi connectivity index (χ1v) is 6.39. The van der Waals surface area contributed by atoms with Crippen molar-refractivity contribution >= 4 is 23.1 Å². The van der Waals surface area contributed by atoms with E-state index >= 15 is 0 Å². The van der Waals surface area contributed by atoms with E-state index in [0.717, 1.165) is 18.1 Å². The lowest BCUT2D eigenvalue weighted by molar-refractivity contribution is 0.590. The molecule has 0 radical (unpaired) electrons. The number of hydrogen-bond acceptors (Lipinski definition) is 4. The van der Waals surface area contributed by atoms with Crippen molar-refractivity contribution in [2.45, 2.75) is 25.1 Å². The molecule has 0 saturated carbocycles. The van der Waals surface area contributed by atoms with E-state index in [1.54, 1.807) is 11.3 Å². The molecule has 0 atom stereocenters. The molecule has 1 rings (SSSR count). The molecule has 2 nitrogen and oxygen atoms in total. The zero-order valence-corrected chi connectivity index (χ0v) is 9.97. The van der Waals surface area contributed by atoms with Crippen molar-refractivity contribution in [2.24, 2.45) is 0 Å². The average Bonchev–Trinajstić information content (AvgIpc) is 2.57. The summed E-state index contributed by atoms with van der Waals surface area (Å²) in [6, 6.07) is 0. The molecule has 13 heavy (non-hydrogen) atoms. The van der Waals surface area contributed by atoms with E-state index in [1.165, 1.54) is 0 Å². The molecule has 0 aliphatic carbocycles. The third-order valence-electron chi connectivity index (χ3n) is 1.86. The Morgan fingerprint density at radius 2 is 2.38 bits per heavy atom. The van der Waals surface area contributed by atoms with Crippen LogP contribution in [-0.2, 0) is 6.54 Å². The van der Waals surface area contributed by atoms with Gasteiger partial charge in [0.15, 0.2) is 0 Å². The second kappa shape index (κ2) is 4.98. The smallest absolute Gasteiger partial charge is 0.106 e. The minimum atomic E-state index is 0.317. The fourth-order valence-corrected chi connectivity index (χ4v) is 1.72. The van der Waals surface area contributed by atoms with Gasteiger partial charge in [-0.1, -0.05) is 0 Å². The topological polar surface area (TPSA) is 24.9 Å². The summed E-state index contributed by atoms with van der Waals surface area (Å²) in [6.07, 6.45) is 3.99. The standard InChI is InChI=1S/C9H16N2S2/c1-9(2,12-3)7-10-6-8-11-4-5-13-8/h4-5,10H,6-7H2,1-3H3. The van der Waals surface area contributed by atoms with Gasteiger partial charge in [0.25, 0.3) is 0 Å². The number of aromatic nitrogens is 1. The molecule has 74 valence electrons. The Balaban J connectivity index is 2.21. The fraction of sp³-hybridized carbons (Fsp3) is 0.667. The molecule has 0 aliphatic heterocycles. The molecule has 1 heterocycles. The normalized spacial score (nSPS) is 11.9. The van der Waals surface area contributed by atoms with Crippen molar-refractivity contribution < 1.29 is 0 Å². The Labute approximate surface area is 88.2 Å². The van der Waals surface area contributed by atoms with Crippen LogP contribution in [0.2, 0.25) is 0 Å². The average molecular weight is 216 g/mol. The van der Waals surface area contributed by atoms with E-state index in [1.807, 2.05) is 23.3 Å². The molecule has 0 amide bonds. The Hall–Kier alpha value is -0.0600.